The first-order valence-electron chi connectivity index (χ1n) is 16.3. The van der Waals surface area contributed by atoms with Crippen LogP contribution in [0.15, 0.2) is 42.5 Å². The lowest BCUT2D eigenvalue weighted by molar-refractivity contribution is -0.0569. The van der Waals surface area contributed by atoms with Crippen molar-refractivity contribution in [2.24, 2.45) is 0 Å². The Morgan fingerprint density at radius 2 is 0.826 bits per heavy atom. The van der Waals surface area contributed by atoms with Crippen molar-refractivity contribution in [3.63, 3.8) is 0 Å². The smallest absolute Gasteiger partial charge is 0.130 e. The van der Waals surface area contributed by atoms with Gasteiger partial charge in [0.1, 0.15) is 24.7 Å². The van der Waals surface area contributed by atoms with Crippen LogP contribution in [0.5, 0.6) is 11.5 Å². The maximum atomic E-state index is 6.53. The lowest BCUT2D eigenvalue weighted by Crippen LogP contribution is -2.23. The second-order valence-electron chi connectivity index (χ2n) is 12.6. The summed E-state index contributed by atoms with van der Waals surface area (Å²) in [5.41, 5.74) is 7.61. The lowest BCUT2D eigenvalue weighted by atomic mass is 10.0. The molecule has 46 heavy (non-hydrogen) atoms. The summed E-state index contributed by atoms with van der Waals surface area (Å²) in [6.07, 6.45) is -0.524. The molecular weight excluding hydrogens is 586 g/mol. The highest BCUT2D eigenvalue weighted by Gasteiger charge is 2.19. The van der Waals surface area contributed by atoms with Crippen LogP contribution in [0.3, 0.4) is 0 Å². The minimum atomic E-state index is -0.131. The van der Waals surface area contributed by atoms with E-state index in [2.05, 4.69) is 38.1 Å². The maximum Gasteiger partial charge on any atom is 0.130 e. The molecule has 9 heteroatoms. The van der Waals surface area contributed by atoms with Gasteiger partial charge in [0, 0.05) is 22.3 Å². The van der Waals surface area contributed by atoms with Crippen LogP contribution in [-0.4, -0.2) is 55.8 Å². The molecule has 9 nitrogen and oxygen atoms in total. The number of ether oxygens (including phenoxy) is 8. The van der Waals surface area contributed by atoms with Crippen LogP contribution < -0.4 is 9.47 Å². The number of pyridine rings is 1. The van der Waals surface area contributed by atoms with Gasteiger partial charge in [-0.05, 0) is 53.7 Å². The Kier molecular flexibility index (Phi) is 12.4. The van der Waals surface area contributed by atoms with Crippen LogP contribution in [0, 0.1) is 13.8 Å². The Morgan fingerprint density at radius 3 is 1.15 bits per heavy atom. The van der Waals surface area contributed by atoms with Crippen molar-refractivity contribution in [1.29, 1.82) is 0 Å². The zero-order valence-electron chi connectivity index (χ0n) is 28.1. The highest BCUT2D eigenvalue weighted by atomic mass is 16.6. The van der Waals surface area contributed by atoms with E-state index in [1.165, 1.54) is 0 Å². The van der Waals surface area contributed by atoms with E-state index in [-0.39, 0.29) is 37.6 Å². The van der Waals surface area contributed by atoms with Crippen molar-refractivity contribution >= 4 is 0 Å². The highest BCUT2D eigenvalue weighted by molar-refractivity contribution is 5.45. The standard InChI is InChI=1S/C37H49NO8/c1-24-10-30-18-41-26(3)14-39-16-28(5)43-20-32-12-25(2)13-33-21-44-29(6)17-40-15-27(4)42-19-31(11-24)36(30)45-22-34-8-7-9-35(38-34)23-46-37(32)33/h7-13,26-29H,14-23H2,1-6H3/t26-,27-,28-,29-/m0/s1. The van der Waals surface area contributed by atoms with Gasteiger partial charge in [-0.1, -0.05) is 41.5 Å². The fraction of sp³-hybridized carbons (Fsp3) is 0.541. The molecule has 0 fully saturated rings. The Labute approximate surface area is 273 Å². The molecule has 4 atom stereocenters. The second-order valence-corrected chi connectivity index (χ2v) is 12.6. The molecule has 2 aliphatic heterocycles. The normalized spacial score (nSPS) is 24.1. The summed E-state index contributed by atoms with van der Waals surface area (Å²) in [6, 6.07) is 14.3. The van der Waals surface area contributed by atoms with Crippen molar-refractivity contribution in [1.82, 2.24) is 4.98 Å². The van der Waals surface area contributed by atoms with Crippen LogP contribution in [-0.2, 0) is 68.1 Å². The number of hydrogen-bond donors (Lipinski definition) is 0. The third kappa shape index (κ3) is 9.97. The molecule has 3 heterocycles. The van der Waals surface area contributed by atoms with E-state index in [9.17, 15) is 0 Å². The molecule has 0 unspecified atom stereocenters. The second kappa shape index (κ2) is 16.7. The maximum absolute atomic E-state index is 6.53. The molecule has 5 rings (SSSR count). The van der Waals surface area contributed by atoms with Crippen LogP contribution in [0.1, 0.15) is 72.5 Å². The molecule has 4 bridgehead atoms. The summed E-state index contributed by atoms with van der Waals surface area (Å²) in [5.74, 6) is 1.49. The zero-order valence-corrected chi connectivity index (χ0v) is 28.1. The number of aromatic nitrogens is 1. The molecule has 0 aliphatic carbocycles. The van der Waals surface area contributed by atoms with Crippen molar-refractivity contribution < 1.29 is 37.9 Å². The summed E-state index contributed by atoms with van der Waals surface area (Å²) in [5, 5.41) is 0. The van der Waals surface area contributed by atoms with Crippen LogP contribution in [0.4, 0.5) is 0 Å². The molecular formula is C37H49NO8. The Balaban J connectivity index is 1.54. The van der Waals surface area contributed by atoms with Gasteiger partial charge < -0.3 is 37.9 Å². The molecule has 0 saturated carbocycles. The van der Waals surface area contributed by atoms with Crippen molar-refractivity contribution in [2.45, 2.75) is 106 Å². The molecule has 250 valence electrons. The van der Waals surface area contributed by atoms with Gasteiger partial charge in [-0.2, -0.15) is 0 Å². The molecule has 0 saturated heterocycles. The van der Waals surface area contributed by atoms with Crippen LogP contribution >= 0.6 is 0 Å². The van der Waals surface area contributed by atoms with E-state index >= 15 is 0 Å². The molecule has 0 N–H and O–H groups in total. The first-order valence-corrected chi connectivity index (χ1v) is 16.3. The summed E-state index contributed by atoms with van der Waals surface area (Å²) in [4.78, 5) is 4.89. The Morgan fingerprint density at radius 1 is 0.500 bits per heavy atom. The summed E-state index contributed by atoms with van der Waals surface area (Å²) < 4.78 is 50.2. The quantitative estimate of drug-likeness (QED) is 0.273. The summed E-state index contributed by atoms with van der Waals surface area (Å²) >= 11 is 0. The first-order chi connectivity index (χ1) is 22.2. The molecule has 3 aromatic rings. The van der Waals surface area contributed by atoms with E-state index in [0.717, 1.165) is 56.3 Å². The fourth-order valence-electron chi connectivity index (χ4n) is 5.56. The lowest BCUT2D eigenvalue weighted by Gasteiger charge is -2.23. The van der Waals surface area contributed by atoms with Gasteiger partial charge in [0.2, 0.25) is 0 Å². The molecule has 0 radical (unpaired) electrons. The molecule has 1 aromatic heterocycles. The van der Waals surface area contributed by atoms with Gasteiger partial charge in [-0.25, -0.2) is 0 Å². The summed E-state index contributed by atoms with van der Waals surface area (Å²) in [6.45, 7) is 16.0. The van der Waals surface area contributed by atoms with E-state index in [0.29, 0.717) is 52.9 Å². The van der Waals surface area contributed by atoms with Crippen molar-refractivity contribution in [3.8, 4) is 11.5 Å². The van der Waals surface area contributed by atoms with Gasteiger partial charge in [0.15, 0.2) is 0 Å². The predicted octanol–water partition coefficient (Wildman–Crippen LogP) is 6.54. The molecule has 2 aliphatic rings. The number of benzene rings is 2. The monoisotopic (exact) mass is 635 g/mol. The number of fused-ring (bicyclic) bond motifs is 2. The van der Waals surface area contributed by atoms with Crippen LogP contribution in [0.25, 0.3) is 0 Å². The topological polar surface area (TPSA) is 86.7 Å². The fourth-order valence-corrected chi connectivity index (χ4v) is 5.56. The largest absolute Gasteiger partial charge is 0.487 e. The van der Waals surface area contributed by atoms with E-state index in [1.54, 1.807) is 0 Å². The van der Waals surface area contributed by atoms with E-state index in [1.807, 2.05) is 45.9 Å². The van der Waals surface area contributed by atoms with Gasteiger partial charge in [0.25, 0.3) is 0 Å². The predicted molar refractivity (Wildman–Crippen MR) is 174 cm³/mol. The zero-order chi connectivity index (χ0) is 32.5. The van der Waals surface area contributed by atoms with E-state index < -0.39 is 0 Å². The average Bonchev–Trinajstić information content (AvgIpc) is 3.02. The summed E-state index contributed by atoms with van der Waals surface area (Å²) in [7, 11) is 0. The highest BCUT2D eigenvalue weighted by Crippen LogP contribution is 2.31. The number of nitrogens with zero attached hydrogens (tertiary/aromatic N) is 1. The minimum absolute atomic E-state index is 0.131. The third-order valence-corrected chi connectivity index (χ3v) is 7.87. The van der Waals surface area contributed by atoms with Gasteiger partial charge in [-0.3, -0.25) is 4.98 Å². The van der Waals surface area contributed by atoms with E-state index in [4.69, 9.17) is 42.9 Å². The van der Waals surface area contributed by atoms with Crippen molar-refractivity contribution in [3.05, 3.63) is 87.2 Å². The number of rotatable bonds is 0. The number of hydrogen-bond acceptors (Lipinski definition) is 9. The third-order valence-electron chi connectivity index (χ3n) is 7.87. The molecule has 0 spiro atoms. The minimum Gasteiger partial charge on any atom is -0.487 e. The van der Waals surface area contributed by atoms with Gasteiger partial charge in [0.05, 0.1) is 88.7 Å². The van der Waals surface area contributed by atoms with Gasteiger partial charge in [-0.15, -0.1) is 0 Å². The SMILES string of the molecule is Cc1cc2c3c(c1)CO[C@@H](C)COC[C@H](C)OCc1cc(C)cc(c1OCc1cccc(n1)CO3)CO[C@@H](C)COC[C@H](C)OC2. The van der Waals surface area contributed by atoms with Crippen LogP contribution in [0.2, 0.25) is 0 Å². The molecule has 2 aromatic carbocycles. The molecule has 0 amide bonds. The Hall–Kier alpha value is -3.05. The first kappa shape index (κ1) is 34.3. The Bertz CT molecular complexity index is 1260. The average molecular weight is 636 g/mol. The van der Waals surface area contributed by atoms with Crippen molar-refractivity contribution in [2.75, 3.05) is 26.4 Å². The number of aryl methyl sites for hydroxylation is 2. The van der Waals surface area contributed by atoms with Gasteiger partial charge >= 0.3 is 0 Å².